The average Bonchev–Trinajstić information content (AvgIpc) is 3.17. The van der Waals surface area contributed by atoms with E-state index < -0.39 is 5.41 Å². The van der Waals surface area contributed by atoms with Gasteiger partial charge in [-0.3, -0.25) is 0 Å². The molecule has 3 heteroatoms. The number of nitriles is 1. The second kappa shape index (κ2) is 10.8. The van der Waals surface area contributed by atoms with Crippen LogP contribution >= 0.6 is 0 Å². The molecule has 2 saturated heterocycles. The van der Waals surface area contributed by atoms with Gasteiger partial charge in [0.05, 0.1) is 12.7 Å². The predicted molar refractivity (Wildman–Crippen MR) is 141 cm³/mol. The van der Waals surface area contributed by atoms with Gasteiger partial charge in [-0.1, -0.05) is 91.0 Å². The summed E-state index contributed by atoms with van der Waals surface area (Å²) in [6.07, 6.45) is 5.61. The number of ether oxygens (including phenoxy) is 1. The van der Waals surface area contributed by atoms with E-state index in [0.29, 0.717) is 30.5 Å². The first-order valence-electron chi connectivity index (χ1n) is 13.1. The highest BCUT2D eigenvalue weighted by Gasteiger charge is 2.48. The fourth-order valence-electron chi connectivity index (χ4n) is 6.74. The maximum absolute atomic E-state index is 10.8. The van der Waals surface area contributed by atoms with E-state index in [0.717, 1.165) is 30.6 Å². The SMILES string of the molecule is CN1[C@H]2CC[C@@H]1C(CCOCc1ccccc1)C(CC(C#N)(c1ccccc1)c1ccccc1)C2. The largest absolute Gasteiger partial charge is 0.377 e. The Bertz CT molecular complexity index is 1070. The van der Waals surface area contributed by atoms with Gasteiger partial charge in [0.15, 0.2) is 0 Å². The predicted octanol–water partition coefficient (Wildman–Crippen LogP) is 6.59. The number of hydrogen-bond acceptors (Lipinski definition) is 3. The summed E-state index contributed by atoms with van der Waals surface area (Å²) < 4.78 is 6.15. The number of hydrogen-bond donors (Lipinski definition) is 0. The molecule has 0 spiro atoms. The minimum Gasteiger partial charge on any atom is -0.377 e. The van der Waals surface area contributed by atoms with Gasteiger partial charge in [-0.2, -0.15) is 5.26 Å². The summed E-state index contributed by atoms with van der Waals surface area (Å²) in [6, 6.07) is 35.4. The zero-order chi connectivity index (χ0) is 24.1. The highest BCUT2D eigenvalue weighted by Crippen LogP contribution is 2.49. The van der Waals surface area contributed by atoms with Gasteiger partial charge in [-0.05, 0) is 67.7 Å². The lowest BCUT2D eigenvalue weighted by molar-refractivity contribution is 0.0257. The van der Waals surface area contributed by atoms with Crippen molar-refractivity contribution in [2.75, 3.05) is 13.7 Å². The van der Waals surface area contributed by atoms with Crippen molar-refractivity contribution >= 4 is 0 Å². The van der Waals surface area contributed by atoms with Gasteiger partial charge >= 0.3 is 0 Å². The average molecular weight is 465 g/mol. The van der Waals surface area contributed by atoms with Crippen LogP contribution in [-0.4, -0.2) is 30.6 Å². The molecule has 3 nitrogen and oxygen atoms in total. The Morgan fingerprint density at radius 3 is 2.09 bits per heavy atom. The lowest BCUT2D eigenvalue weighted by Gasteiger charge is -2.45. The first-order chi connectivity index (χ1) is 17.2. The number of rotatable bonds is 9. The topological polar surface area (TPSA) is 36.3 Å². The molecule has 3 aromatic rings. The smallest absolute Gasteiger partial charge is 0.107 e. The van der Waals surface area contributed by atoms with Crippen LogP contribution in [0.4, 0.5) is 0 Å². The maximum Gasteiger partial charge on any atom is 0.107 e. The second-order valence-electron chi connectivity index (χ2n) is 10.4. The molecule has 0 aromatic heterocycles. The van der Waals surface area contributed by atoms with Crippen molar-refractivity contribution in [3.8, 4) is 6.07 Å². The molecule has 0 saturated carbocycles. The van der Waals surface area contributed by atoms with Crippen LogP contribution in [-0.2, 0) is 16.8 Å². The third-order valence-corrected chi connectivity index (χ3v) is 8.57. The number of nitrogens with zero attached hydrogens (tertiary/aromatic N) is 2. The zero-order valence-electron chi connectivity index (χ0n) is 20.7. The van der Waals surface area contributed by atoms with Crippen molar-refractivity contribution in [3.63, 3.8) is 0 Å². The third kappa shape index (κ3) is 4.92. The van der Waals surface area contributed by atoms with E-state index in [9.17, 15) is 5.26 Å². The molecule has 180 valence electrons. The van der Waals surface area contributed by atoms with E-state index in [-0.39, 0.29) is 0 Å². The van der Waals surface area contributed by atoms with Crippen LogP contribution in [0, 0.1) is 23.2 Å². The Labute approximate surface area is 210 Å². The highest BCUT2D eigenvalue weighted by atomic mass is 16.5. The van der Waals surface area contributed by atoms with Crippen molar-refractivity contribution in [2.45, 2.75) is 56.2 Å². The van der Waals surface area contributed by atoms with Gasteiger partial charge in [-0.15, -0.1) is 0 Å². The summed E-state index contributed by atoms with van der Waals surface area (Å²) in [7, 11) is 2.31. The molecule has 3 aromatic carbocycles. The van der Waals surface area contributed by atoms with Crippen LogP contribution in [0.25, 0.3) is 0 Å². The van der Waals surface area contributed by atoms with Gasteiger partial charge in [0, 0.05) is 18.7 Å². The van der Waals surface area contributed by atoms with E-state index in [1.807, 2.05) is 18.2 Å². The van der Waals surface area contributed by atoms with Gasteiger partial charge in [0.1, 0.15) is 5.41 Å². The van der Waals surface area contributed by atoms with Crippen molar-refractivity contribution in [2.24, 2.45) is 11.8 Å². The summed E-state index contributed by atoms with van der Waals surface area (Å²) in [5.41, 5.74) is 2.81. The van der Waals surface area contributed by atoms with Crippen LogP contribution in [0.15, 0.2) is 91.0 Å². The molecule has 0 amide bonds. The number of piperidine rings is 1. The van der Waals surface area contributed by atoms with E-state index in [1.165, 1.54) is 24.8 Å². The molecular formula is C32H36N2O. The summed E-state index contributed by atoms with van der Waals surface area (Å²) in [5.74, 6) is 1.03. The molecule has 35 heavy (non-hydrogen) atoms. The molecule has 2 aliphatic heterocycles. The normalized spacial score (nSPS) is 24.2. The minimum atomic E-state index is -0.633. The van der Waals surface area contributed by atoms with Crippen LogP contribution < -0.4 is 0 Å². The fourth-order valence-corrected chi connectivity index (χ4v) is 6.74. The quantitative estimate of drug-likeness (QED) is 0.335. The Hall–Kier alpha value is -2.93. The zero-order valence-corrected chi connectivity index (χ0v) is 20.7. The molecule has 2 unspecified atom stereocenters. The van der Waals surface area contributed by atoms with Crippen molar-refractivity contribution in [3.05, 3.63) is 108 Å². The number of benzene rings is 3. The minimum absolute atomic E-state index is 0.490. The molecule has 2 bridgehead atoms. The lowest BCUT2D eigenvalue weighted by atomic mass is 9.65. The van der Waals surface area contributed by atoms with Gasteiger partial charge in [0.2, 0.25) is 0 Å². The van der Waals surface area contributed by atoms with Crippen molar-refractivity contribution < 1.29 is 4.74 Å². The van der Waals surface area contributed by atoms with Crippen LogP contribution in [0.3, 0.4) is 0 Å². The van der Waals surface area contributed by atoms with E-state index in [1.54, 1.807) is 0 Å². The molecule has 0 radical (unpaired) electrons. The summed E-state index contributed by atoms with van der Waals surface area (Å²) in [4.78, 5) is 2.62. The highest BCUT2D eigenvalue weighted by molar-refractivity contribution is 5.46. The lowest BCUT2D eigenvalue weighted by Crippen LogP contribution is -2.48. The summed E-state index contributed by atoms with van der Waals surface area (Å²) >= 11 is 0. The van der Waals surface area contributed by atoms with Gasteiger partial charge < -0.3 is 9.64 Å². The second-order valence-corrected chi connectivity index (χ2v) is 10.4. The van der Waals surface area contributed by atoms with Gasteiger partial charge in [-0.25, -0.2) is 0 Å². The Kier molecular flexibility index (Phi) is 7.32. The summed E-state index contributed by atoms with van der Waals surface area (Å²) in [6.45, 7) is 1.43. The first-order valence-corrected chi connectivity index (χ1v) is 13.1. The molecular weight excluding hydrogens is 428 g/mol. The standard InChI is InChI=1S/C32H36N2O/c1-34-29-17-18-31(34)30(19-20-35-23-25-11-5-2-6-12-25)26(21-29)22-32(24-33,27-13-7-3-8-14-27)28-15-9-4-10-16-28/h2-16,26,29-31H,17-23H2,1H3/t26?,29-,30?,31+/m0/s1. The molecule has 0 N–H and O–H groups in total. The molecule has 2 fully saturated rings. The van der Waals surface area contributed by atoms with Gasteiger partial charge in [0.25, 0.3) is 0 Å². The van der Waals surface area contributed by atoms with Crippen LogP contribution in [0.1, 0.15) is 48.8 Å². The molecule has 0 aliphatic carbocycles. The van der Waals surface area contributed by atoms with Crippen molar-refractivity contribution in [1.29, 1.82) is 5.26 Å². The summed E-state index contributed by atoms with van der Waals surface area (Å²) in [5, 5.41) is 10.8. The Balaban J connectivity index is 1.39. The van der Waals surface area contributed by atoms with E-state index in [2.05, 4.69) is 90.8 Å². The molecule has 5 rings (SSSR count). The molecule has 2 aliphatic rings. The maximum atomic E-state index is 10.8. The molecule has 4 atom stereocenters. The number of fused-ring (bicyclic) bond motifs is 2. The fraction of sp³-hybridized carbons (Fsp3) is 0.406. The Morgan fingerprint density at radius 1 is 0.886 bits per heavy atom. The van der Waals surface area contributed by atoms with E-state index >= 15 is 0 Å². The molecule has 2 heterocycles. The van der Waals surface area contributed by atoms with Crippen LogP contribution in [0.2, 0.25) is 0 Å². The third-order valence-electron chi connectivity index (χ3n) is 8.57. The first kappa shape index (κ1) is 23.8. The monoisotopic (exact) mass is 464 g/mol. The van der Waals surface area contributed by atoms with Crippen molar-refractivity contribution in [1.82, 2.24) is 4.90 Å². The van der Waals surface area contributed by atoms with Crippen LogP contribution in [0.5, 0.6) is 0 Å². The Morgan fingerprint density at radius 2 is 1.49 bits per heavy atom. The van der Waals surface area contributed by atoms with E-state index in [4.69, 9.17) is 4.74 Å².